The Morgan fingerprint density at radius 2 is 1.52 bits per heavy atom. The topological polar surface area (TPSA) is 112 Å². The maximum atomic E-state index is 13.8. The third-order valence-electron chi connectivity index (χ3n) is 6.46. The standard InChI is InChI=1S/C31H39N3O6/c1-9-40-27(37)24-18-33(28(32-29(38)39-8)34(24)17-20-13-11-10-12-14-20)19-25(35)21-15-22(30(2,3)4)26(36)23(16-21)31(5,6)7/h10-16,18,36H,9,17,19H2,1-8H3/b32-28+. The average Bonchev–Trinajstić information content (AvgIpc) is 3.19. The summed E-state index contributed by atoms with van der Waals surface area (Å²) in [5.74, 6) is -0.723. The predicted molar refractivity (Wildman–Crippen MR) is 152 cm³/mol. The molecule has 0 bridgehead atoms. The Labute approximate surface area is 235 Å². The van der Waals surface area contributed by atoms with Crippen LogP contribution >= 0.6 is 0 Å². The van der Waals surface area contributed by atoms with E-state index < -0.39 is 22.9 Å². The van der Waals surface area contributed by atoms with E-state index in [1.807, 2.05) is 71.9 Å². The lowest BCUT2D eigenvalue weighted by atomic mass is 9.78. The van der Waals surface area contributed by atoms with Crippen molar-refractivity contribution < 1.29 is 29.0 Å². The minimum atomic E-state index is -0.876. The van der Waals surface area contributed by atoms with Gasteiger partial charge in [0.15, 0.2) is 5.78 Å². The van der Waals surface area contributed by atoms with Gasteiger partial charge in [-0.15, -0.1) is 4.99 Å². The average molecular weight is 550 g/mol. The molecule has 0 atom stereocenters. The van der Waals surface area contributed by atoms with Crippen LogP contribution in [-0.2, 0) is 33.4 Å². The number of imidazole rings is 1. The number of ether oxygens (including phenoxy) is 2. The molecule has 0 aliphatic rings. The lowest BCUT2D eigenvalue weighted by Gasteiger charge is -2.28. The van der Waals surface area contributed by atoms with Crippen LogP contribution in [0.15, 0.2) is 53.7 Å². The molecule has 1 heterocycles. The molecule has 1 aromatic heterocycles. The van der Waals surface area contributed by atoms with Gasteiger partial charge in [-0.2, -0.15) is 0 Å². The van der Waals surface area contributed by atoms with Gasteiger partial charge in [-0.25, -0.2) is 9.59 Å². The molecule has 3 aromatic rings. The molecule has 0 unspecified atom stereocenters. The number of hydrogen-bond acceptors (Lipinski definition) is 6. The molecule has 0 spiro atoms. The Morgan fingerprint density at radius 3 is 2.02 bits per heavy atom. The largest absolute Gasteiger partial charge is 0.507 e. The van der Waals surface area contributed by atoms with Gasteiger partial charge in [-0.05, 0) is 35.4 Å². The Hall–Kier alpha value is -4.14. The van der Waals surface area contributed by atoms with E-state index in [1.165, 1.54) is 22.4 Å². The van der Waals surface area contributed by atoms with Crippen molar-refractivity contribution in [1.82, 2.24) is 9.13 Å². The lowest BCUT2D eigenvalue weighted by molar-refractivity contribution is 0.0513. The van der Waals surface area contributed by atoms with Gasteiger partial charge in [0.25, 0.3) is 0 Å². The number of phenols is 1. The highest BCUT2D eigenvalue weighted by atomic mass is 16.5. The van der Waals surface area contributed by atoms with Crippen molar-refractivity contribution in [3.05, 3.63) is 82.2 Å². The van der Waals surface area contributed by atoms with Crippen molar-refractivity contribution in [2.24, 2.45) is 4.99 Å². The van der Waals surface area contributed by atoms with E-state index in [1.54, 1.807) is 19.1 Å². The first kappa shape index (κ1) is 30.4. The number of hydrogen-bond donors (Lipinski definition) is 1. The van der Waals surface area contributed by atoms with E-state index in [4.69, 9.17) is 9.47 Å². The van der Waals surface area contributed by atoms with Crippen molar-refractivity contribution in [2.75, 3.05) is 13.7 Å². The van der Waals surface area contributed by atoms with E-state index >= 15 is 0 Å². The van der Waals surface area contributed by atoms with Crippen LogP contribution in [0, 0.1) is 0 Å². The molecule has 3 rings (SSSR count). The number of carbonyl (C=O) groups excluding carboxylic acids is 3. The highest BCUT2D eigenvalue weighted by Crippen LogP contribution is 2.39. The summed E-state index contributed by atoms with van der Waals surface area (Å²) in [5, 5.41) is 11.1. The summed E-state index contributed by atoms with van der Waals surface area (Å²) >= 11 is 0. The zero-order chi connectivity index (χ0) is 29.8. The van der Waals surface area contributed by atoms with E-state index in [9.17, 15) is 19.5 Å². The third-order valence-corrected chi connectivity index (χ3v) is 6.46. The summed E-state index contributed by atoms with van der Waals surface area (Å²) in [4.78, 5) is 43.1. The van der Waals surface area contributed by atoms with E-state index in [0.29, 0.717) is 16.7 Å². The SMILES string of the molecule is CCOC(=O)c1cn(CC(=O)c2cc(C(C)(C)C)c(O)c(C(C)(C)C)c2)/c(=N\C(=O)OC)n1Cc1ccccc1. The lowest BCUT2D eigenvalue weighted by Crippen LogP contribution is -2.31. The van der Waals surface area contributed by atoms with Crippen molar-refractivity contribution in [3.8, 4) is 5.75 Å². The van der Waals surface area contributed by atoms with Crippen LogP contribution in [-0.4, -0.2) is 45.8 Å². The monoisotopic (exact) mass is 549 g/mol. The van der Waals surface area contributed by atoms with Gasteiger partial charge in [-0.3, -0.25) is 9.36 Å². The maximum absolute atomic E-state index is 13.8. The van der Waals surface area contributed by atoms with Crippen LogP contribution < -0.4 is 5.62 Å². The maximum Gasteiger partial charge on any atom is 0.436 e. The second-order valence-electron chi connectivity index (χ2n) is 11.7. The molecular weight excluding hydrogens is 510 g/mol. The molecule has 0 radical (unpaired) electrons. The number of methoxy groups -OCH3 is 1. The predicted octanol–water partition coefficient (Wildman–Crippen LogP) is 5.37. The van der Waals surface area contributed by atoms with Gasteiger partial charge in [0.1, 0.15) is 11.4 Å². The quantitative estimate of drug-likeness (QED) is 0.313. The van der Waals surface area contributed by atoms with Crippen molar-refractivity contribution >= 4 is 17.8 Å². The number of phenolic OH excluding ortho intramolecular Hbond substituents is 1. The Bertz CT molecular complexity index is 1430. The molecule has 0 aliphatic carbocycles. The number of nitrogens with zero attached hydrogens (tertiary/aromatic N) is 3. The number of aromatic hydroxyl groups is 1. The third kappa shape index (κ3) is 6.89. The Balaban J connectivity index is 2.21. The summed E-state index contributed by atoms with van der Waals surface area (Å²) < 4.78 is 13.0. The van der Waals surface area contributed by atoms with Crippen LogP contribution in [0.2, 0.25) is 0 Å². The molecule has 40 heavy (non-hydrogen) atoms. The normalized spacial score (nSPS) is 12.3. The molecule has 214 valence electrons. The number of esters is 1. The number of ketones is 1. The van der Waals surface area contributed by atoms with Gasteiger partial charge < -0.3 is 19.1 Å². The van der Waals surface area contributed by atoms with E-state index in [2.05, 4.69) is 4.99 Å². The number of Topliss-reactive ketones (excluding diaryl/α,β-unsaturated/α-hetero) is 1. The number of rotatable bonds is 7. The van der Waals surface area contributed by atoms with Crippen LogP contribution in [0.4, 0.5) is 4.79 Å². The number of carbonyl (C=O) groups is 3. The fraction of sp³-hybridized carbons (Fsp3) is 0.419. The van der Waals surface area contributed by atoms with Crippen LogP contribution in [0.3, 0.4) is 0 Å². The van der Waals surface area contributed by atoms with Crippen molar-refractivity contribution in [1.29, 1.82) is 0 Å². The summed E-state index contributed by atoms with van der Waals surface area (Å²) in [6.45, 7) is 13.7. The Kier molecular flexibility index (Phi) is 9.07. The molecule has 1 amide bonds. The fourth-order valence-electron chi connectivity index (χ4n) is 4.38. The molecule has 2 aromatic carbocycles. The first-order chi connectivity index (χ1) is 18.7. The van der Waals surface area contributed by atoms with Gasteiger partial charge >= 0.3 is 12.1 Å². The summed E-state index contributed by atoms with van der Waals surface area (Å²) in [7, 11) is 1.20. The molecule has 0 saturated carbocycles. The van der Waals surface area contributed by atoms with Gasteiger partial charge in [-0.1, -0.05) is 71.9 Å². The van der Waals surface area contributed by atoms with Gasteiger partial charge in [0.05, 0.1) is 26.8 Å². The van der Waals surface area contributed by atoms with Gasteiger partial charge in [0, 0.05) is 22.9 Å². The smallest absolute Gasteiger partial charge is 0.436 e. The number of benzene rings is 2. The molecule has 0 aliphatic heterocycles. The number of aromatic nitrogens is 2. The van der Waals surface area contributed by atoms with E-state index in [-0.39, 0.29) is 42.5 Å². The second kappa shape index (κ2) is 11.9. The van der Waals surface area contributed by atoms with Crippen LogP contribution in [0.5, 0.6) is 5.75 Å². The molecule has 9 nitrogen and oxygen atoms in total. The highest BCUT2D eigenvalue weighted by Gasteiger charge is 2.28. The molecule has 0 fully saturated rings. The fourth-order valence-corrected chi connectivity index (χ4v) is 4.38. The van der Waals surface area contributed by atoms with Crippen molar-refractivity contribution in [2.45, 2.75) is 72.4 Å². The van der Waals surface area contributed by atoms with E-state index in [0.717, 1.165) is 5.56 Å². The first-order valence-electron chi connectivity index (χ1n) is 13.2. The molecule has 0 saturated heterocycles. The van der Waals surface area contributed by atoms with Crippen LogP contribution in [0.25, 0.3) is 0 Å². The molecule has 9 heteroatoms. The number of amides is 1. The first-order valence-corrected chi connectivity index (χ1v) is 13.2. The van der Waals surface area contributed by atoms with Crippen LogP contribution in [0.1, 0.15) is 86.0 Å². The molecular formula is C31H39N3O6. The zero-order valence-corrected chi connectivity index (χ0v) is 24.6. The summed E-state index contributed by atoms with van der Waals surface area (Å²) in [6.07, 6.45) is 0.592. The summed E-state index contributed by atoms with van der Waals surface area (Å²) in [5.41, 5.74) is 1.92. The van der Waals surface area contributed by atoms with Gasteiger partial charge in [0.2, 0.25) is 5.62 Å². The summed E-state index contributed by atoms with van der Waals surface area (Å²) in [6, 6.07) is 12.8. The zero-order valence-electron chi connectivity index (χ0n) is 24.6. The van der Waals surface area contributed by atoms with Crippen molar-refractivity contribution in [3.63, 3.8) is 0 Å². The minimum absolute atomic E-state index is 0.0676. The second-order valence-corrected chi connectivity index (χ2v) is 11.7. The Morgan fingerprint density at radius 1 is 0.950 bits per heavy atom. The molecule has 1 N–H and O–H groups in total. The minimum Gasteiger partial charge on any atom is -0.507 e. The highest BCUT2D eigenvalue weighted by molar-refractivity contribution is 5.97.